The van der Waals surface area contributed by atoms with E-state index in [0.717, 1.165) is 52.9 Å². The maximum absolute atomic E-state index is 14.1. The van der Waals surface area contributed by atoms with Crippen molar-refractivity contribution in [2.75, 3.05) is 39.9 Å². The summed E-state index contributed by atoms with van der Waals surface area (Å²) in [6, 6.07) is 9.44. The Balaban J connectivity index is 1.47. The highest BCUT2D eigenvalue weighted by Crippen LogP contribution is 2.41. The average molecular weight is 713 g/mol. The molecule has 1 fully saturated rings. The van der Waals surface area contributed by atoms with Crippen molar-refractivity contribution in [1.82, 2.24) is 30.2 Å². The number of nitrogens with zero attached hydrogens (tertiary/aromatic N) is 4. The van der Waals surface area contributed by atoms with Gasteiger partial charge in [-0.2, -0.15) is 0 Å². The molecule has 2 aromatic heterocycles. The van der Waals surface area contributed by atoms with Gasteiger partial charge in [0.1, 0.15) is 12.1 Å². The smallest absolute Gasteiger partial charge is 0.324 e. The van der Waals surface area contributed by atoms with Gasteiger partial charge in [0.15, 0.2) is 0 Å². The molecule has 0 spiro atoms. The first-order valence-electron chi connectivity index (χ1n) is 19.0. The normalized spacial score (nSPS) is 23.2. The van der Waals surface area contributed by atoms with Crippen molar-refractivity contribution in [3.05, 3.63) is 59.4 Å². The largest absolute Gasteiger partial charge is 0.464 e. The third-order valence-electron chi connectivity index (χ3n) is 10.6. The Labute approximate surface area is 308 Å². The van der Waals surface area contributed by atoms with Crippen molar-refractivity contribution in [2.45, 2.75) is 98.4 Å². The predicted molar refractivity (Wildman–Crippen MR) is 203 cm³/mol. The van der Waals surface area contributed by atoms with Gasteiger partial charge in [-0.15, -0.1) is 0 Å². The minimum atomic E-state index is -0.760. The van der Waals surface area contributed by atoms with Crippen molar-refractivity contribution in [2.24, 2.45) is 11.3 Å². The number of benzene rings is 1. The molecule has 0 aliphatic carbocycles. The van der Waals surface area contributed by atoms with Gasteiger partial charge in [0.2, 0.25) is 5.91 Å². The number of cyclic esters (lactones) is 1. The molecule has 4 atom stereocenters. The molecule has 2 amide bonds. The first kappa shape index (κ1) is 37.7. The molecule has 280 valence electrons. The summed E-state index contributed by atoms with van der Waals surface area (Å²) in [6.45, 7) is 15.7. The number of aromatic nitrogens is 2. The maximum Gasteiger partial charge on any atom is 0.324 e. The van der Waals surface area contributed by atoms with E-state index in [9.17, 15) is 14.4 Å². The van der Waals surface area contributed by atoms with E-state index in [4.69, 9.17) is 14.5 Å². The number of carbonyl (C=O) groups is 3. The van der Waals surface area contributed by atoms with Gasteiger partial charge in [-0.1, -0.05) is 39.8 Å². The molecular weight excluding hydrogens is 656 g/mol. The molecule has 3 aromatic rings. The number of carbonyl (C=O) groups excluding carboxylic acids is 3. The Morgan fingerprint density at radius 2 is 1.98 bits per heavy atom. The minimum Gasteiger partial charge on any atom is -0.464 e. The summed E-state index contributed by atoms with van der Waals surface area (Å²) in [6.07, 6.45) is 6.95. The number of amides is 2. The summed E-state index contributed by atoms with van der Waals surface area (Å²) in [4.78, 5) is 47.9. The SMILES string of the molecule is CCn1c(-c2cccnc2[C@H](C)OC)c2c3cc(ccc31)C1=CCCN(C1)C[C@H](NC(=O)CC(C)C)C(=O)N1CCC[C@H](N1)C(=O)OCC(C)(C)C2. The highest BCUT2D eigenvalue weighted by Gasteiger charge is 2.36. The van der Waals surface area contributed by atoms with Crippen LogP contribution >= 0.6 is 0 Å². The lowest BCUT2D eigenvalue weighted by atomic mass is 9.84. The van der Waals surface area contributed by atoms with Crippen LogP contribution in [-0.2, 0) is 36.8 Å². The lowest BCUT2D eigenvalue weighted by molar-refractivity contribution is -0.155. The van der Waals surface area contributed by atoms with E-state index in [1.54, 1.807) is 7.11 Å². The molecule has 52 heavy (non-hydrogen) atoms. The Morgan fingerprint density at radius 1 is 1.17 bits per heavy atom. The van der Waals surface area contributed by atoms with Crippen LogP contribution in [-0.4, -0.2) is 89.2 Å². The number of hydrazine groups is 1. The minimum absolute atomic E-state index is 0.149. The van der Waals surface area contributed by atoms with E-state index < -0.39 is 17.5 Å². The number of hydrogen-bond donors (Lipinski definition) is 2. The molecule has 11 nitrogen and oxygen atoms in total. The van der Waals surface area contributed by atoms with E-state index in [1.165, 1.54) is 16.1 Å². The van der Waals surface area contributed by atoms with Crippen LogP contribution in [0.4, 0.5) is 0 Å². The number of pyridine rings is 1. The number of aryl methyl sites for hydroxylation is 1. The number of nitrogens with one attached hydrogen (secondary N) is 2. The zero-order chi connectivity index (χ0) is 37.2. The number of fused-ring (bicyclic) bond motifs is 6. The fraction of sp³-hybridized carbons (Fsp3) is 0.561. The lowest BCUT2D eigenvalue weighted by Gasteiger charge is -2.37. The van der Waals surface area contributed by atoms with Crippen LogP contribution in [0, 0.1) is 11.3 Å². The van der Waals surface area contributed by atoms with E-state index >= 15 is 0 Å². The fourth-order valence-electron chi connectivity index (χ4n) is 7.93. The summed E-state index contributed by atoms with van der Waals surface area (Å²) in [5.74, 6) is -0.597. The molecule has 5 heterocycles. The van der Waals surface area contributed by atoms with Gasteiger partial charge in [0.05, 0.1) is 24.1 Å². The van der Waals surface area contributed by atoms with Crippen molar-refractivity contribution >= 4 is 34.3 Å². The summed E-state index contributed by atoms with van der Waals surface area (Å²) in [5, 5.41) is 5.74. The van der Waals surface area contributed by atoms with E-state index in [2.05, 4.69) is 71.3 Å². The molecule has 1 saturated heterocycles. The van der Waals surface area contributed by atoms with E-state index in [0.29, 0.717) is 45.3 Å². The highest BCUT2D eigenvalue weighted by atomic mass is 16.5. The van der Waals surface area contributed by atoms with Gasteiger partial charge in [-0.25, -0.2) is 5.43 Å². The number of methoxy groups -OCH3 is 1. The van der Waals surface area contributed by atoms with Gasteiger partial charge in [0, 0.05) is 74.3 Å². The molecule has 2 N–H and O–H groups in total. The summed E-state index contributed by atoms with van der Waals surface area (Å²) in [7, 11) is 1.71. The second kappa shape index (κ2) is 15.9. The molecule has 1 unspecified atom stereocenters. The van der Waals surface area contributed by atoms with Gasteiger partial charge in [0.25, 0.3) is 5.91 Å². The number of esters is 1. The number of rotatable bonds is 7. The van der Waals surface area contributed by atoms with Crippen LogP contribution in [0.15, 0.2) is 42.6 Å². The topological polar surface area (TPSA) is 118 Å². The molecule has 11 heteroatoms. The molecule has 6 bridgehead atoms. The molecule has 0 saturated carbocycles. The first-order chi connectivity index (χ1) is 24.9. The second-order valence-electron chi connectivity index (χ2n) is 15.9. The van der Waals surface area contributed by atoms with Gasteiger partial charge in [-0.3, -0.25) is 29.3 Å². The van der Waals surface area contributed by atoms with Crippen LogP contribution in [0.5, 0.6) is 0 Å². The highest BCUT2D eigenvalue weighted by molar-refractivity contribution is 5.95. The standard InChI is InChI=1S/C41H56N6O5/c1-8-46-35-16-15-28-21-31(35)32(38(46)30-13-9-17-42-37(30)27(4)51-7)22-41(5,6)25-52-40(50)33-14-11-19-47(44-33)39(49)34(43-36(48)20-26(2)3)24-45-18-10-12-29(28)23-45/h9,12-13,15-17,21,26-27,33-34,44H,8,10-11,14,18-20,22-25H2,1-7H3,(H,43,48)/t27-,33-,34-/m0/s1. The van der Waals surface area contributed by atoms with Crippen LogP contribution < -0.4 is 10.7 Å². The van der Waals surface area contributed by atoms with Gasteiger partial charge >= 0.3 is 5.97 Å². The Hall–Kier alpha value is -4.06. The van der Waals surface area contributed by atoms with E-state index in [-0.39, 0.29) is 36.4 Å². The molecular formula is C41H56N6O5. The van der Waals surface area contributed by atoms with Crippen molar-refractivity contribution < 1.29 is 23.9 Å². The zero-order valence-corrected chi connectivity index (χ0v) is 32.0. The monoisotopic (exact) mass is 712 g/mol. The van der Waals surface area contributed by atoms with Gasteiger partial charge < -0.3 is 19.4 Å². The number of hydrogen-bond acceptors (Lipinski definition) is 8. The first-order valence-corrected chi connectivity index (χ1v) is 19.0. The molecule has 1 aromatic carbocycles. The Kier molecular flexibility index (Phi) is 11.5. The predicted octanol–water partition coefficient (Wildman–Crippen LogP) is 5.67. The van der Waals surface area contributed by atoms with Gasteiger partial charge in [-0.05, 0) is 86.4 Å². The Bertz CT molecular complexity index is 1830. The quantitative estimate of drug-likeness (QED) is 0.301. The molecule has 6 rings (SSSR count). The third-order valence-corrected chi connectivity index (χ3v) is 10.6. The summed E-state index contributed by atoms with van der Waals surface area (Å²) in [5.41, 5.74) is 10.4. The van der Waals surface area contributed by atoms with Crippen molar-refractivity contribution in [3.8, 4) is 11.3 Å². The third kappa shape index (κ3) is 8.11. The zero-order valence-electron chi connectivity index (χ0n) is 32.0. The fourth-order valence-corrected chi connectivity index (χ4v) is 7.93. The van der Waals surface area contributed by atoms with Crippen LogP contribution in [0.25, 0.3) is 27.7 Å². The number of ether oxygens (including phenoxy) is 2. The van der Waals surface area contributed by atoms with Crippen molar-refractivity contribution in [3.63, 3.8) is 0 Å². The molecule has 0 radical (unpaired) electrons. The van der Waals surface area contributed by atoms with Crippen LogP contribution in [0.2, 0.25) is 0 Å². The summed E-state index contributed by atoms with van der Waals surface area (Å²) >= 11 is 0. The van der Waals surface area contributed by atoms with Crippen LogP contribution in [0.1, 0.15) is 90.2 Å². The maximum atomic E-state index is 14.1. The molecule has 3 aliphatic heterocycles. The summed E-state index contributed by atoms with van der Waals surface area (Å²) < 4.78 is 14.2. The van der Waals surface area contributed by atoms with Crippen LogP contribution in [0.3, 0.4) is 0 Å². The second-order valence-corrected chi connectivity index (χ2v) is 15.9. The molecule has 3 aliphatic rings. The van der Waals surface area contributed by atoms with Crippen molar-refractivity contribution in [1.29, 1.82) is 0 Å². The average Bonchev–Trinajstić information content (AvgIpc) is 3.43. The Morgan fingerprint density at radius 3 is 2.73 bits per heavy atom. The van der Waals surface area contributed by atoms with E-state index in [1.807, 2.05) is 33.0 Å². The lowest BCUT2D eigenvalue weighted by Crippen LogP contribution is -2.62.